The average molecular weight is 369 g/mol. The first kappa shape index (κ1) is 17.9. The Balaban J connectivity index is 1.52. The first-order valence-corrected chi connectivity index (χ1v) is 9.83. The molecule has 2 aromatic heterocycles. The van der Waals surface area contributed by atoms with Crippen molar-refractivity contribution >= 4 is 5.91 Å². The van der Waals surface area contributed by atoms with Crippen LogP contribution < -0.4 is 5.56 Å². The minimum absolute atomic E-state index is 0.100. The zero-order valence-corrected chi connectivity index (χ0v) is 16.4. The fraction of sp³-hybridized carbons (Fsp3) is 0.600. The van der Waals surface area contributed by atoms with Crippen molar-refractivity contribution in [2.24, 2.45) is 0 Å². The lowest BCUT2D eigenvalue weighted by Gasteiger charge is -2.34. The SMILES string of the molecule is Cc1nn(CC(=O)N2CCC[C@@H](c3cc(=O)nc4n3CCC4)C2)c(C)c1C. The number of fused-ring (bicyclic) bond motifs is 1. The molecule has 0 N–H and O–H groups in total. The van der Waals surface area contributed by atoms with Crippen molar-refractivity contribution in [1.29, 1.82) is 0 Å². The third-order valence-corrected chi connectivity index (χ3v) is 6.14. The van der Waals surface area contributed by atoms with Crippen LogP contribution >= 0.6 is 0 Å². The summed E-state index contributed by atoms with van der Waals surface area (Å²) in [5.74, 6) is 1.21. The van der Waals surface area contributed by atoms with Crippen LogP contribution in [0, 0.1) is 20.8 Å². The first-order valence-electron chi connectivity index (χ1n) is 9.83. The second-order valence-corrected chi connectivity index (χ2v) is 7.82. The minimum Gasteiger partial charge on any atom is -0.340 e. The van der Waals surface area contributed by atoms with E-state index < -0.39 is 0 Å². The summed E-state index contributed by atoms with van der Waals surface area (Å²) in [6.45, 7) is 8.67. The Kier molecular flexibility index (Phi) is 4.61. The van der Waals surface area contributed by atoms with Crippen LogP contribution in [0.15, 0.2) is 10.9 Å². The molecule has 7 nitrogen and oxygen atoms in total. The zero-order valence-electron chi connectivity index (χ0n) is 16.4. The maximum atomic E-state index is 12.9. The van der Waals surface area contributed by atoms with Gasteiger partial charge in [0.15, 0.2) is 0 Å². The Bertz CT molecular complexity index is 943. The molecule has 1 atom stereocenters. The summed E-state index contributed by atoms with van der Waals surface area (Å²) in [4.78, 5) is 31.0. The van der Waals surface area contributed by atoms with E-state index in [0.717, 1.165) is 67.2 Å². The molecule has 0 aromatic carbocycles. The topological polar surface area (TPSA) is 73.0 Å². The van der Waals surface area contributed by atoms with E-state index >= 15 is 0 Å². The molecule has 27 heavy (non-hydrogen) atoms. The van der Waals surface area contributed by atoms with Crippen LogP contribution in [0.1, 0.15) is 53.7 Å². The van der Waals surface area contributed by atoms with Crippen molar-refractivity contribution in [3.05, 3.63) is 44.9 Å². The summed E-state index contributed by atoms with van der Waals surface area (Å²) in [5.41, 5.74) is 4.07. The van der Waals surface area contributed by atoms with Gasteiger partial charge in [-0.15, -0.1) is 0 Å². The molecule has 0 unspecified atom stereocenters. The normalized spacial score (nSPS) is 19.4. The monoisotopic (exact) mass is 369 g/mol. The van der Waals surface area contributed by atoms with Crippen molar-refractivity contribution < 1.29 is 4.79 Å². The van der Waals surface area contributed by atoms with Crippen LogP contribution in [0.2, 0.25) is 0 Å². The second kappa shape index (κ2) is 6.94. The Morgan fingerprint density at radius 2 is 2.04 bits per heavy atom. The molecule has 2 aliphatic heterocycles. The molecule has 0 radical (unpaired) electrons. The predicted octanol–water partition coefficient (Wildman–Crippen LogP) is 1.72. The minimum atomic E-state index is -0.153. The lowest BCUT2D eigenvalue weighted by atomic mass is 9.94. The third-order valence-electron chi connectivity index (χ3n) is 6.14. The van der Waals surface area contributed by atoms with Crippen molar-refractivity contribution in [3.8, 4) is 0 Å². The average Bonchev–Trinajstić information content (AvgIpc) is 3.21. The third kappa shape index (κ3) is 3.31. The van der Waals surface area contributed by atoms with Crippen LogP contribution in [-0.4, -0.2) is 43.2 Å². The Hall–Kier alpha value is -2.44. The van der Waals surface area contributed by atoms with E-state index in [9.17, 15) is 9.59 Å². The van der Waals surface area contributed by atoms with Gasteiger partial charge in [0.1, 0.15) is 12.4 Å². The van der Waals surface area contributed by atoms with Gasteiger partial charge >= 0.3 is 0 Å². The number of aromatic nitrogens is 4. The van der Waals surface area contributed by atoms with E-state index in [0.29, 0.717) is 6.54 Å². The summed E-state index contributed by atoms with van der Waals surface area (Å²) >= 11 is 0. The molecule has 4 rings (SSSR count). The lowest BCUT2D eigenvalue weighted by Crippen LogP contribution is -2.42. The second-order valence-electron chi connectivity index (χ2n) is 7.82. The zero-order chi connectivity index (χ0) is 19.1. The number of rotatable bonds is 3. The van der Waals surface area contributed by atoms with Gasteiger partial charge in [0.25, 0.3) is 5.56 Å². The summed E-state index contributed by atoms with van der Waals surface area (Å²) in [6.07, 6.45) is 3.87. The summed E-state index contributed by atoms with van der Waals surface area (Å²) in [5, 5.41) is 4.50. The summed E-state index contributed by atoms with van der Waals surface area (Å²) in [6, 6.07) is 1.68. The molecule has 2 aromatic rings. The molecule has 1 saturated heterocycles. The van der Waals surface area contributed by atoms with Gasteiger partial charge in [0.05, 0.1) is 5.69 Å². The van der Waals surface area contributed by atoms with Crippen LogP contribution in [-0.2, 0) is 24.3 Å². The van der Waals surface area contributed by atoms with Gasteiger partial charge in [-0.05, 0) is 45.6 Å². The number of nitrogens with zero attached hydrogens (tertiary/aromatic N) is 5. The molecule has 2 aliphatic rings. The molecule has 0 spiro atoms. The van der Waals surface area contributed by atoms with Crippen molar-refractivity contribution in [1.82, 2.24) is 24.2 Å². The van der Waals surface area contributed by atoms with Crippen molar-refractivity contribution in [2.45, 2.75) is 65.5 Å². The van der Waals surface area contributed by atoms with E-state index in [1.165, 1.54) is 0 Å². The molecule has 4 heterocycles. The van der Waals surface area contributed by atoms with E-state index in [2.05, 4.69) is 14.6 Å². The van der Waals surface area contributed by atoms with Gasteiger partial charge < -0.3 is 9.47 Å². The number of likely N-dealkylation sites (tertiary alicyclic amines) is 1. The molecule has 0 bridgehead atoms. The van der Waals surface area contributed by atoms with Crippen LogP contribution in [0.5, 0.6) is 0 Å². The molecule has 144 valence electrons. The number of hydrogen-bond acceptors (Lipinski definition) is 4. The maximum absolute atomic E-state index is 12.9. The highest BCUT2D eigenvalue weighted by Gasteiger charge is 2.29. The van der Waals surface area contributed by atoms with E-state index in [1.807, 2.05) is 30.4 Å². The fourth-order valence-electron chi connectivity index (χ4n) is 4.37. The molecule has 0 saturated carbocycles. The predicted molar refractivity (Wildman–Crippen MR) is 102 cm³/mol. The van der Waals surface area contributed by atoms with Gasteiger partial charge in [-0.25, -0.2) is 0 Å². The van der Waals surface area contributed by atoms with E-state index in [-0.39, 0.29) is 23.9 Å². The number of aryl methyl sites for hydroxylation is 2. The summed E-state index contributed by atoms with van der Waals surface area (Å²) in [7, 11) is 0. The molecule has 1 fully saturated rings. The van der Waals surface area contributed by atoms with Gasteiger partial charge in [-0.1, -0.05) is 0 Å². The van der Waals surface area contributed by atoms with Gasteiger partial charge in [0.2, 0.25) is 5.91 Å². The van der Waals surface area contributed by atoms with Gasteiger partial charge in [0, 0.05) is 49.4 Å². The van der Waals surface area contributed by atoms with Crippen molar-refractivity contribution in [2.75, 3.05) is 13.1 Å². The Morgan fingerprint density at radius 1 is 1.22 bits per heavy atom. The maximum Gasteiger partial charge on any atom is 0.273 e. The largest absolute Gasteiger partial charge is 0.340 e. The molecule has 0 aliphatic carbocycles. The molecular weight excluding hydrogens is 342 g/mol. The smallest absolute Gasteiger partial charge is 0.273 e. The highest BCUT2D eigenvalue weighted by molar-refractivity contribution is 5.76. The number of carbonyl (C=O) groups excluding carboxylic acids is 1. The van der Waals surface area contributed by atoms with E-state index in [4.69, 9.17) is 0 Å². The molecular formula is C20H27N5O2. The number of piperidine rings is 1. The van der Waals surface area contributed by atoms with Crippen molar-refractivity contribution in [3.63, 3.8) is 0 Å². The quantitative estimate of drug-likeness (QED) is 0.826. The number of carbonyl (C=O) groups is 1. The van der Waals surface area contributed by atoms with Crippen LogP contribution in [0.3, 0.4) is 0 Å². The Labute approximate surface area is 159 Å². The first-order chi connectivity index (χ1) is 12.9. The van der Waals surface area contributed by atoms with E-state index in [1.54, 1.807) is 6.07 Å². The van der Waals surface area contributed by atoms with Crippen LogP contribution in [0.25, 0.3) is 0 Å². The highest BCUT2D eigenvalue weighted by Crippen LogP contribution is 2.28. The fourth-order valence-corrected chi connectivity index (χ4v) is 4.37. The van der Waals surface area contributed by atoms with Gasteiger partial charge in [-0.2, -0.15) is 10.1 Å². The number of amides is 1. The molecule has 7 heteroatoms. The standard InChI is InChI=1S/C20H27N5O2/c1-13-14(2)22-25(15(13)3)12-20(27)23-8-4-6-16(11-23)17-10-19(26)21-18-7-5-9-24(17)18/h10,16H,4-9,11-12H2,1-3H3/t16-/m1/s1. The number of hydrogen-bond donors (Lipinski definition) is 0. The molecule has 1 amide bonds. The van der Waals surface area contributed by atoms with Gasteiger partial charge in [-0.3, -0.25) is 14.3 Å². The summed E-state index contributed by atoms with van der Waals surface area (Å²) < 4.78 is 4.01. The highest BCUT2D eigenvalue weighted by atomic mass is 16.2. The lowest BCUT2D eigenvalue weighted by molar-refractivity contribution is -0.133. The van der Waals surface area contributed by atoms with Crippen LogP contribution in [0.4, 0.5) is 0 Å². The Morgan fingerprint density at radius 3 is 2.78 bits per heavy atom.